The van der Waals surface area contributed by atoms with E-state index in [2.05, 4.69) is 22.3 Å². The molecule has 0 aromatic heterocycles. The number of hydrogen-bond donors (Lipinski definition) is 1. The molecule has 1 fully saturated rings. The van der Waals surface area contributed by atoms with E-state index in [0.29, 0.717) is 13.2 Å². The Bertz CT molecular complexity index is 378. The van der Waals surface area contributed by atoms with Gasteiger partial charge in [-0.1, -0.05) is 12.1 Å². The summed E-state index contributed by atoms with van der Waals surface area (Å²) in [6, 6.07) is 8.18. The van der Waals surface area contributed by atoms with Crippen molar-refractivity contribution >= 4 is 0 Å². The molecule has 0 aliphatic carbocycles. The molecule has 0 saturated carbocycles. The lowest BCUT2D eigenvalue weighted by molar-refractivity contribution is 0.0846. The topological polar surface area (TPSA) is 33.7 Å². The van der Waals surface area contributed by atoms with Crippen LogP contribution in [0.2, 0.25) is 0 Å². The third-order valence-corrected chi connectivity index (χ3v) is 3.53. The number of nitrogens with zero attached hydrogens (tertiary/aromatic N) is 1. The van der Waals surface area contributed by atoms with Crippen molar-refractivity contribution < 1.29 is 9.47 Å². The number of ether oxygens (including phenoxy) is 2. The Hall–Kier alpha value is -1.10. The summed E-state index contributed by atoms with van der Waals surface area (Å²) in [5.74, 6) is 0.917. The van der Waals surface area contributed by atoms with Gasteiger partial charge in [0.05, 0.1) is 13.2 Å². The van der Waals surface area contributed by atoms with E-state index in [1.54, 1.807) is 0 Å². The highest BCUT2D eigenvalue weighted by atomic mass is 16.5. The summed E-state index contributed by atoms with van der Waals surface area (Å²) in [5, 5.41) is 3.14. The fourth-order valence-corrected chi connectivity index (χ4v) is 2.47. The van der Waals surface area contributed by atoms with Gasteiger partial charge in [-0.2, -0.15) is 0 Å². The molecular formula is C16H26N2O2. The summed E-state index contributed by atoms with van der Waals surface area (Å²) in [6.07, 6.45) is 2.68. The average molecular weight is 278 g/mol. The van der Waals surface area contributed by atoms with Crippen LogP contribution in [0.3, 0.4) is 0 Å². The van der Waals surface area contributed by atoms with Gasteiger partial charge in [-0.05, 0) is 50.7 Å². The van der Waals surface area contributed by atoms with Crippen LogP contribution in [0.1, 0.15) is 18.4 Å². The summed E-state index contributed by atoms with van der Waals surface area (Å²) in [7, 11) is 1.95. The van der Waals surface area contributed by atoms with E-state index in [4.69, 9.17) is 9.47 Å². The fourth-order valence-electron chi connectivity index (χ4n) is 2.47. The van der Waals surface area contributed by atoms with E-state index >= 15 is 0 Å². The molecule has 20 heavy (non-hydrogen) atoms. The van der Waals surface area contributed by atoms with E-state index in [1.165, 1.54) is 31.5 Å². The Kier molecular flexibility index (Phi) is 6.84. The SMILES string of the molecule is CNCc1cccc(OCCOCCN2CCCC2)c1. The highest BCUT2D eigenvalue weighted by Gasteiger charge is 2.10. The quantitative estimate of drug-likeness (QED) is 0.700. The van der Waals surface area contributed by atoms with Gasteiger partial charge in [-0.25, -0.2) is 0 Å². The molecule has 2 rings (SSSR count). The summed E-state index contributed by atoms with van der Waals surface area (Å²) in [6.45, 7) is 6.47. The Morgan fingerprint density at radius 2 is 2.00 bits per heavy atom. The zero-order valence-electron chi connectivity index (χ0n) is 12.4. The van der Waals surface area contributed by atoms with Gasteiger partial charge in [0.2, 0.25) is 0 Å². The third-order valence-electron chi connectivity index (χ3n) is 3.53. The van der Waals surface area contributed by atoms with Crippen molar-refractivity contribution in [2.45, 2.75) is 19.4 Å². The van der Waals surface area contributed by atoms with E-state index < -0.39 is 0 Å². The Labute approximate surface area is 122 Å². The van der Waals surface area contributed by atoms with Crippen LogP contribution in [0, 0.1) is 0 Å². The molecular weight excluding hydrogens is 252 g/mol. The Morgan fingerprint density at radius 3 is 2.80 bits per heavy atom. The summed E-state index contributed by atoms with van der Waals surface area (Å²) >= 11 is 0. The maximum absolute atomic E-state index is 5.70. The van der Waals surface area contributed by atoms with Gasteiger partial charge in [0.1, 0.15) is 12.4 Å². The summed E-state index contributed by atoms with van der Waals surface area (Å²) in [4.78, 5) is 2.46. The number of nitrogens with one attached hydrogen (secondary N) is 1. The van der Waals surface area contributed by atoms with E-state index in [0.717, 1.165) is 25.4 Å². The van der Waals surface area contributed by atoms with Crippen molar-refractivity contribution in [1.82, 2.24) is 10.2 Å². The number of rotatable bonds is 9. The second kappa shape index (κ2) is 8.95. The fraction of sp³-hybridized carbons (Fsp3) is 0.625. The van der Waals surface area contributed by atoms with Crippen molar-refractivity contribution in [3.63, 3.8) is 0 Å². The largest absolute Gasteiger partial charge is 0.491 e. The molecule has 0 amide bonds. The van der Waals surface area contributed by atoms with Crippen LogP contribution >= 0.6 is 0 Å². The van der Waals surface area contributed by atoms with E-state index in [-0.39, 0.29) is 0 Å². The van der Waals surface area contributed by atoms with Crippen molar-refractivity contribution in [2.75, 3.05) is 46.5 Å². The number of benzene rings is 1. The first-order chi connectivity index (χ1) is 9.88. The predicted molar refractivity (Wildman–Crippen MR) is 81.2 cm³/mol. The predicted octanol–water partition coefficient (Wildman–Crippen LogP) is 1.90. The number of hydrogen-bond acceptors (Lipinski definition) is 4. The first-order valence-corrected chi connectivity index (χ1v) is 7.55. The molecule has 4 heteroatoms. The van der Waals surface area contributed by atoms with Gasteiger partial charge < -0.3 is 19.7 Å². The molecule has 112 valence electrons. The summed E-state index contributed by atoms with van der Waals surface area (Å²) < 4.78 is 11.3. The van der Waals surface area contributed by atoms with Crippen LogP contribution in [0.15, 0.2) is 24.3 Å². The van der Waals surface area contributed by atoms with Crippen LogP contribution in [0.4, 0.5) is 0 Å². The maximum Gasteiger partial charge on any atom is 0.119 e. The molecule has 0 unspecified atom stereocenters. The number of likely N-dealkylation sites (tertiary alicyclic amines) is 1. The highest BCUT2D eigenvalue weighted by molar-refractivity contribution is 5.28. The van der Waals surface area contributed by atoms with Gasteiger partial charge in [-0.3, -0.25) is 0 Å². The molecule has 1 aliphatic rings. The molecule has 0 atom stereocenters. The molecule has 0 spiro atoms. The van der Waals surface area contributed by atoms with Crippen LogP contribution in [0.25, 0.3) is 0 Å². The molecule has 1 aliphatic heterocycles. The minimum Gasteiger partial charge on any atom is -0.491 e. The van der Waals surface area contributed by atoms with Crippen molar-refractivity contribution in [3.05, 3.63) is 29.8 Å². The molecule has 0 bridgehead atoms. The van der Waals surface area contributed by atoms with Crippen molar-refractivity contribution in [2.24, 2.45) is 0 Å². The minimum absolute atomic E-state index is 0.614. The maximum atomic E-state index is 5.70. The molecule has 1 heterocycles. The van der Waals surface area contributed by atoms with Gasteiger partial charge in [0.15, 0.2) is 0 Å². The monoisotopic (exact) mass is 278 g/mol. The zero-order valence-corrected chi connectivity index (χ0v) is 12.4. The molecule has 0 radical (unpaired) electrons. The molecule has 1 aromatic rings. The standard InChI is InChI=1S/C16H26N2O2/c1-17-14-15-5-4-6-16(13-15)20-12-11-19-10-9-18-7-2-3-8-18/h4-6,13,17H,2-3,7-12,14H2,1H3. The first-order valence-electron chi connectivity index (χ1n) is 7.55. The summed E-state index contributed by atoms with van der Waals surface area (Å²) in [5.41, 5.74) is 1.24. The molecule has 1 aromatic carbocycles. The molecule has 1 N–H and O–H groups in total. The first kappa shape index (κ1) is 15.3. The van der Waals surface area contributed by atoms with Gasteiger partial charge in [0, 0.05) is 13.1 Å². The third kappa shape index (κ3) is 5.49. The minimum atomic E-state index is 0.614. The second-order valence-electron chi connectivity index (χ2n) is 5.19. The lowest BCUT2D eigenvalue weighted by atomic mass is 10.2. The highest BCUT2D eigenvalue weighted by Crippen LogP contribution is 2.13. The van der Waals surface area contributed by atoms with E-state index in [9.17, 15) is 0 Å². The van der Waals surface area contributed by atoms with Crippen LogP contribution in [-0.4, -0.2) is 51.4 Å². The van der Waals surface area contributed by atoms with Crippen molar-refractivity contribution in [1.29, 1.82) is 0 Å². The zero-order chi connectivity index (χ0) is 14.0. The van der Waals surface area contributed by atoms with Crippen LogP contribution < -0.4 is 10.1 Å². The van der Waals surface area contributed by atoms with Crippen LogP contribution in [0.5, 0.6) is 5.75 Å². The smallest absolute Gasteiger partial charge is 0.119 e. The lowest BCUT2D eigenvalue weighted by Gasteiger charge is -2.14. The average Bonchev–Trinajstić information content (AvgIpc) is 2.97. The normalized spacial score (nSPS) is 15.7. The van der Waals surface area contributed by atoms with E-state index in [1.807, 2.05) is 19.2 Å². The van der Waals surface area contributed by atoms with Gasteiger partial charge in [0.25, 0.3) is 0 Å². The lowest BCUT2D eigenvalue weighted by Crippen LogP contribution is -2.24. The Morgan fingerprint density at radius 1 is 1.15 bits per heavy atom. The molecule has 4 nitrogen and oxygen atoms in total. The van der Waals surface area contributed by atoms with Gasteiger partial charge in [-0.15, -0.1) is 0 Å². The van der Waals surface area contributed by atoms with Crippen molar-refractivity contribution in [3.8, 4) is 5.75 Å². The van der Waals surface area contributed by atoms with Crippen LogP contribution in [-0.2, 0) is 11.3 Å². The van der Waals surface area contributed by atoms with Gasteiger partial charge >= 0.3 is 0 Å². The molecule has 1 saturated heterocycles. The Balaban J connectivity index is 1.54. The second-order valence-corrected chi connectivity index (χ2v) is 5.19.